The Balaban J connectivity index is 1.57. The predicted molar refractivity (Wildman–Crippen MR) is 102 cm³/mol. The van der Waals surface area contributed by atoms with Crippen LogP contribution in [-0.4, -0.2) is 45.7 Å². The number of rotatable bonds is 7. The number of ether oxygens (including phenoxy) is 1. The van der Waals surface area contributed by atoms with Crippen molar-refractivity contribution in [2.45, 2.75) is 13.3 Å². The van der Waals surface area contributed by atoms with Crippen LogP contribution in [0.15, 0.2) is 48.8 Å². The second-order valence-electron chi connectivity index (χ2n) is 5.96. The van der Waals surface area contributed by atoms with Gasteiger partial charge in [0, 0.05) is 18.7 Å². The van der Waals surface area contributed by atoms with Gasteiger partial charge < -0.3 is 15.4 Å². The third-order valence-electron chi connectivity index (χ3n) is 4.16. The number of anilines is 1. The van der Waals surface area contributed by atoms with E-state index in [9.17, 15) is 9.59 Å². The maximum absolute atomic E-state index is 12.3. The number of carbonyl (C=O) groups excluding carboxylic acids is 2. The molecule has 0 fully saturated rings. The third kappa shape index (κ3) is 4.32. The summed E-state index contributed by atoms with van der Waals surface area (Å²) in [6.07, 6.45) is 1.62. The van der Waals surface area contributed by atoms with Crippen molar-refractivity contribution in [3.63, 3.8) is 0 Å². The van der Waals surface area contributed by atoms with E-state index in [2.05, 4.69) is 26.2 Å². The molecule has 144 valence electrons. The highest BCUT2D eigenvalue weighted by Gasteiger charge is 2.13. The second kappa shape index (κ2) is 8.76. The van der Waals surface area contributed by atoms with Crippen molar-refractivity contribution < 1.29 is 14.3 Å². The average Bonchev–Trinajstić information content (AvgIpc) is 3.24. The number of nitrogens with one attached hydrogen (secondary N) is 2. The van der Waals surface area contributed by atoms with Crippen LogP contribution in [0.5, 0.6) is 5.75 Å². The van der Waals surface area contributed by atoms with Crippen molar-refractivity contribution >= 4 is 17.5 Å². The normalized spacial score (nSPS) is 10.4. The summed E-state index contributed by atoms with van der Waals surface area (Å²) in [6, 6.07) is 12.4. The minimum atomic E-state index is -0.290. The Bertz CT molecular complexity index is 972. The second-order valence-corrected chi connectivity index (χ2v) is 5.96. The van der Waals surface area contributed by atoms with E-state index in [1.54, 1.807) is 30.3 Å². The first-order chi connectivity index (χ1) is 13.6. The molecule has 0 unspecified atom stereocenters. The zero-order valence-electron chi connectivity index (χ0n) is 15.5. The van der Waals surface area contributed by atoms with Gasteiger partial charge in [-0.25, -0.2) is 4.68 Å². The highest BCUT2D eigenvalue weighted by atomic mass is 16.5. The fraction of sp³-hybridized carbons (Fsp3) is 0.211. The zero-order chi connectivity index (χ0) is 19.9. The van der Waals surface area contributed by atoms with Gasteiger partial charge in [-0.05, 0) is 47.2 Å². The summed E-state index contributed by atoms with van der Waals surface area (Å²) in [7, 11) is 1.51. The molecule has 2 N–H and O–H groups in total. The summed E-state index contributed by atoms with van der Waals surface area (Å²) in [5.41, 5.74) is 2.69. The number of nitrogens with zero attached hydrogens (tertiary/aromatic N) is 4. The Morgan fingerprint density at radius 1 is 1.14 bits per heavy atom. The van der Waals surface area contributed by atoms with E-state index in [1.165, 1.54) is 18.1 Å². The summed E-state index contributed by atoms with van der Waals surface area (Å²) in [6.45, 7) is 2.07. The number of tetrazole rings is 1. The first-order valence-electron chi connectivity index (χ1n) is 8.64. The lowest BCUT2D eigenvalue weighted by atomic mass is 10.1. The van der Waals surface area contributed by atoms with Crippen LogP contribution < -0.4 is 15.4 Å². The summed E-state index contributed by atoms with van der Waals surface area (Å²) in [5, 5.41) is 16.7. The molecule has 0 saturated heterocycles. The van der Waals surface area contributed by atoms with E-state index in [1.807, 2.05) is 19.1 Å². The number of benzene rings is 2. The lowest BCUT2D eigenvalue weighted by Gasteiger charge is -2.12. The molecule has 0 spiro atoms. The largest absolute Gasteiger partial charge is 0.496 e. The van der Waals surface area contributed by atoms with E-state index in [0.29, 0.717) is 17.0 Å². The molecular formula is C19H20N6O3. The van der Waals surface area contributed by atoms with Gasteiger partial charge in [0.25, 0.3) is 5.91 Å². The topological polar surface area (TPSA) is 111 Å². The van der Waals surface area contributed by atoms with Crippen LogP contribution >= 0.6 is 0 Å². The number of methoxy groups -OCH3 is 1. The Morgan fingerprint density at radius 2 is 1.96 bits per heavy atom. The molecule has 0 aliphatic carbocycles. The van der Waals surface area contributed by atoms with E-state index < -0.39 is 0 Å². The maximum Gasteiger partial charge on any atom is 0.255 e. The highest BCUT2D eigenvalue weighted by Crippen LogP contribution is 2.21. The van der Waals surface area contributed by atoms with Crippen LogP contribution in [0.2, 0.25) is 0 Å². The molecule has 0 aliphatic rings. The van der Waals surface area contributed by atoms with E-state index in [0.717, 1.165) is 11.3 Å². The fourth-order valence-corrected chi connectivity index (χ4v) is 2.71. The quantitative estimate of drug-likeness (QED) is 0.646. The van der Waals surface area contributed by atoms with Crippen LogP contribution in [0, 0.1) is 6.92 Å². The standard InChI is InChI=1S/C19H20N6O3/c1-13-15(7-5-8-16(13)25-12-21-23-24-25)22-18(26)10-11-20-19(27)14-6-3-4-9-17(14)28-2/h3-9,12H,10-11H2,1-2H3,(H,20,27)(H,22,26). The van der Waals surface area contributed by atoms with Gasteiger partial charge in [0.2, 0.25) is 5.91 Å². The number of aromatic nitrogens is 4. The maximum atomic E-state index is 12.3. The molecule has 1 heterocycles. The van der Waals surface area contributed by atoms with E-state index in [-0.39, 0.29) is 24.8 Å². The summed E-state index contributed by atoms with van der Waals surface area (Å²) in [4.78, 5) is 24.5. The van der Waals surface area contributed by atoms with Crippen LogP contribution in [0.4, 0.5) is 5.69 Å². The van der Waals surface area contributed by atoms with Crippen molar-refractivity contribution in [3.05, 3.63) is 59.9 Å². The molecule has 28 heavy (non-hydrogen) atoms. The van der Waals surface area contributed by atoms with Gasteiger partial charge >= 0.3 is 0 Å². The average molecular weight is 380 g/mol. The van der Waals surface area contributed by atoms with Crippen LogP contribution in [0.1, 0.15) is 22.3 Å². The van der Waals surface area contributed by atoms with Crippen molar-refractivity contribution in [1.82, 2.24) is 25.5 Å². The number of amides is 2. The smallest absolute Gasteiger partial charge is 0.255 e. The third-order valence-corrected chi connectivity index (χ3v) is 4.16. The van der Waals surface area contributed by atoms with Crippen molar-refractivity contribution in [2.24, 2.45) is 0 Å². The number of carbonyl (C=O) groups is 2. The van der Waals surface area contributed by atoms with Crippen LogP contribution in [0.3, 0.4) is 0 Å². The van der Waals surface area contributed by atoms with Gasteiger partial charge in [0.05, 0.1) is 18.4 Å². The van der Waals surface area contributed by atoms with E-state index in [4.69, 9.17) is 4.74 Å². The molecule has 0 bridgehead atoms. The lowest BCUT2D eigenvalue weighted by molar-refractivity contribution is -0.116. The lowest BCUT2D eigenvalue weighted by Crippen LogP contribution is -2.28. The molecule has 2 aromatic carbocycles. The zero-order valence-corrected chi connectivity index (χ0v) is 15.5. The summed E-state index contributed by atoms with van der Waals surface area (Å²) >= 11 is 0. The number of hydrogen-bond acceptors (Lipinski definition) is 6. The molecule has 9 nitrogen and oxygen atoms in total. The van der Waals surface area contributed by atoms with Crippen LogP contribution in [0.25, 0.3) is 5.69 Å². The van der Waals surface area contributed by atoms with Gasteiger partial charge in [-0.3, -0.25) is 9.59 Å². The molecule has 1 aromatic heterocycles. The number of hydrogen-bond donors (Lipinski definition) is 2. The minimum Gasteiger partial charge on any atom is -0.496 e. The summed E-state index contributed by atoms with van der Waals surface area (Å²) < 4.78 is 6.70. The Labute approximate surface area is 161 Å². The van der Waals surface area contributed by atoms with Gasteiger partial charge in [0.1, 0.15) is 12.1 Å². The minimum absolute atomic E-state index is 0.134. The molecule has 3 rings (SSSR count). The predicted octanol–water partition coefficient (Wildman–Crippen LogP) is 1.74. The first kappa shape index (κ1) is 19.0. The molecule has 3 aromatic rings. The Hall–Kier alpha value is -3.75. The number of para-hydroxylation sites is 1. The molecule has 0 saturated carbocycles. The summed E-state index contributed by atoms with van der Waals surface area (Å²) in [5.74, 6) is -0.0149. The molecular weight excluding hydrogens is 360 g/mol. The first-order valence-corrected chi connectivity index (χ1v) is 8.64. The van der Waals surface area contributed by atoms with Crippen molar-refractivity contribution in [1.29, 1.82) is 0 Å². The molecule has 2 amide bonds. The molecule has 9 heteroatoms. The molecule has 0 atom stereocenters. The highest BCUT2D eigenvalue weighted by molar-refractivity contribution is 5.97. The monoisotopic (exact) mass is 380 g/mol. The fourth-order valence-electron chi connectivity index (χ4n) is 2.71. The van der Waals surface area contributed by atoms with Gasteiger partial charge in [-0.15, -0.1) is 5.10 Å². The van der Waals surface area contributed by atoms with Crippen LogP contribution in [-0.2, 0) is 4.79 Å². The molecule has 0 radical (unpaired) electrons. The SMILES string of the molecule is COc1ccccc1C(=O)NCCC(=O)Nc1cccc(-n2cnnn2)c1C. The Kier molecular flexibility index (Phi) is 5.95. The Morgan fingerprint density at radius 3 is 2.71 bits per heavy atom. The van der Waals surface area contributed by atoms with Gasteiger partial charge in [-0.2, -0.15) is 0 Å². The van der Waals surface area contributed by atoms with Crippen molar-refractivity contribution in [3.8, 4) is 11.4 Å². The van der Waals surface area contributed by atoms with Crippen molar-refractivity contribution in [2.75, 3.05) is 19.0 Å². The molecule has 0 aliphatic heterocycles. The van der Waals surface area contributed by atoms with Gasteiger partial charge in [0.15, 0.2) is 0 Å². The van der Waals surface area contributed by atoms with E-state index >= 15 is 0 Å². The van der Waals surface area contributed by atoms with Gasteiger partial charge in [-0.1, -0.05) is 18.2 Å².